The second-order valence-corrected chi connectivity index (χ2v) is 10.0. The van der Waals surface area contributed by atoms with Gasteiger partial charge in [-0.1, -0.05) is 70.6 Å². The Labute approximate surface area is 153 Å². The van der Waals surface area contributed by atoms with Crippen molar-refractivity contribution in [3.63, 3.8) is 0 Å². The molecule has 2 rings (SSSR count). The molecule has 0 aliphatic rings. The fourth-order valence-corrected chi connectivity index (χ4v) is 5.15. The lowest BCUT2D eigenvalue weighted by molar-refractivity contribution is 1.00. The van der Waals surface area contributed by atoms with Gasteiger partial charge < -0.3 is 0 Å². The summed E-state index contributed by atoms with van der Waals surface area (Å²) in [6.07, 6.45) is 0. The Balaban J connectivity index is 1.75. The van der Waals surface area contributed by atoms with Gasteiger partial charge in [-0.2, -0.15) is 0 Å². The van der Waals surface area contributed by atoms with Crippen molar-refractivity contribution in [1.82, 2.24) is 20.4 Å². The Bertz CT molecular complexity index is 565. The summed E-state index contributed by atoms with van der Waals surface area (Å²) >= 11 is 24.2. The maximum atomic E-state index is 4.93. The number of nitrogens with zero attached hydrogens (tertiary/aromatic N) is 4. The third-order valence-electron chi connectivity index (χ3n) is 1.71. The van der Waals surface area contributed by atoms with Gasteiger partial charge in [0.25, 0.3) is 0 Å². The molecule has 0 atom stereocenters. The summed E-state index contributed by atoms with van der Waals surface area (Å²) in [6, 6.07) is 0. The molecule has 20 heavy (non-hydrogen) atoms. The highest BCUT2D eigenvalue weighted by atomic mass is 32.2. The van der Waals surface area contributed by atoms with E-state index in [1.54, 1.807) is 23.5 Å². The number of aromatic nitrogens is 4. The van der Waals surface area contributed by atoms with E-state index in [1.807, 2.05) is 0 Å². The van der Waals surface area contributed by atoms with Gasteiger partial charge in [0.05, 0.1) is 0 Å². The molecule has 0 aromatic carbocycles. The second-order valence-electron chi connectivity index (χ2n) is 3.05. The highest BCUT2D eigenvalue weighted by molar-refractivity contribution is 8.12. The lowest BCUT2D eigenvalue weighted by Crippen LogP contribution is -1.84. The molecule has 2 aromatic rings. The summed E-state index contributed by atoms with van der Waals surface area (Å²) in [7, 11) is 0. The molecule has 0 saturated carbocycles. The van der Waals surface area contributed by atoms with E-state index < -0.39 is 0 Å². The van der Waals surface area contributed by atoms with Gasteiger partial charge in [-0.15, -0.1) is 45.7 Å². The van der Waals surface area contributed by atoms with E-state index in [2.05, 4.69) is 45.7 Å². The van der Waals surface area contributed by atoms with Crippen molar-refractivity contribution in [3.05, 3.63) is 10.0 Å². The van der Waals surface area contributed by atoms with Crippen molar-refractivity contribution in [1.29, 1.82) is 0 Å². The molecule has 106 valence electrons. The first-order chi connectivity index (χ1) is 9.56. The van der Waals surface area contributed by atoms with Gasteiger partial charge in [-0.3, -0.25) is 0 Å². The summed E-state index contributed by atoms with van der Waals surface area (Å²) in [5.41, 5.74) is 0. The van der Waals surface area contributed by atoms with Gasteiger partial charge in [0, 0.05) is 11.5 Å². The minimum Gasteiger partial charge on any atom is -0.136 e. The fraction of sp³-hybridized carbons (Fsp3) is 0.250. The van der Waals surface area contributed by atoms with Crippen molar-refractivity contribution in [2.45, 2.75) is 8.68 Å². The second kappa shape index (κ2) is 8.36. The van der Waals surface area contributed by atoms with Gasteiger partial charge in [0.1, 0.15) is 8.39 Å². The van der Waals surface area contributed by atoms with Crippen LogP contribution < -0.4 is 0 Å². The topological polar surface area (TPSA) is 51.6 Å². The van der Waals surface area contributed by atoms with Crippen LogP contribution in [0.1, 0.15) is 10.0 Å². The van der Waals surface area contributed by atoms with E-state index in [1.165, 1.54) is 22.7 Å². The zero-order valence-electron chi connectivity index (χ0n) is 9.55. The SMILES string of the molecule is S=C(S)c1nnc(SCCSc2nnc(C(=S)S)s2)s1. The normalized spacial score (nSPS) is 10.7. The van der Waals surface area contributed by atoms with E-state index >= 15 is 0 Å². The van der Waals surface area contributed by atoms with Crippen LogP contribution in [0.25, 0.3) is 0 Å². The number of thioether (sulfide) groups is 2. The van der Waals surface area contributed by atoms with Gasteiger partial charge >= 0.3 is 0 Å². The molecule has 2 heterocycles. The molecular weight excluding hydrogens is 409 g/mol. The van der Waals surface area contributed by atoms with E-state index in [-0.39, 0.29) is 0 Å². The van der Waals surface area contributed by atoms with Crippen LogP contribution in [0.4, 0.5) is 0 Å². The van der Waals surface area contributed by atoms with E-state index in [0.29, 0.717) is 18.4 Å². The van der Waals surface area contributed by atoms with Crippen molar-refractivity contribution in [2.75, 3.05) is 11.5 Å². The van der Waals surface area contributed by atoms with E-state index in [4.69, 9.17) is 24.4 Å². The van der Waals surface area contributed by atoms with Crippen LogP contribution >= 0.6 is 95.9 Å². The largest absolute Gasteiger partial charge is 0.174 e. The third kappa shape index (κ3) is 5.16. The molecule has 0 spiro atoms. The van der Waals surface area contributed by atoms with Crippen LogP contribution in [-0.2, 0) is 0 Å². The smallest absolute Gasteiger partial charge is 0.136 e. The Kier molecular flexibility index (Phi) is 7.13. The van der Waals surface area contributed by atoms with Crippen LogP contribution in [0.15, 0.2) is 8.68 Å². The molecule has 0 aliphatic heterocycles. The molecule has 0 amide bonds. The molecular formula is C8H6N4S8. The first-order valence-corrected chi connectivity index (χ1v) is 10.3. The fourth-order valence-electron chi connectivity index (χ4n) is 0.967. The molecule has 0 saturated heterocycles. The van der Waals surface area contributed by atoms with Crippen LogP contribution in [0.2, 0.25) is 0 Å². The number of hydrogen-bond acceptors (Lipinski definition) is 10. The van der Waals surface area contributed by atoms with Crippen LogP contribution in [0.3, 0.4) is 0 Å². The van der Waals surface area contributed by atoms with Gasteiger partial charge in [-0.05, 0) is 0 Å². The lowest BCUT2D eigenvalue weighted by Gasteiger charge is -1.94. The monoisotopic (exact) mass is 414 g/mol. The van der Waals surface area contributed by atoms with Gasteiger partial charge in [0.2, 0.25) is 0 Å². The van der Waals surface area contributed by atoms with Crippen LogP contribution in [0.5, 0.6) is 0 Å². The predicted octanol–water partition coefficient (Wildman–Crippen LogP) is 3.48. The summed E-state index contributed by atoms with van der Waals surface area (Å²) < 4.78 is 2.75. The molecule has 0 aliphatic carbocycles. The molecule has 12 heteroatoms. The highest BCUT2D eigenvalue weighted by Crippen LogP contribution is 2.27. The van der Waals surface area contributed by atoms with Gasteiger partial charge in [-0.25, -0.2) is 0 Å². The van der Waals surface area contributed by atoms with Crippen LogP contribution in [0, 0.1) is 0 Å². The summed E-state index contributed by atoms with van der Waals surface area (Å²) in [5, 5.41) is 17.4. The van der Waals surface area contributed by atoms with Gasteiger partial charge in [0.15, 0.2) is 18.7 Å². The van der Waals surface area contributed by atoms with E-state index in [9.17, 15) is 0 Å². The molecule has 0 unspecified atom stereocenters. The standard InChI is InChI=1S/C8H6N4S8/c13-5(14)3-9-11-7(19-3)17-1-2-18-8-12-10-4(20-8)6(15)16/h1-2H2,(H,13,14)(H,15,16). The molecule has 0 N–H and O–H groups in total. The first kappa shape index (κ1) is 17.1. The molecule has 2 aromatic heterocycles. The Morgan fingerprint density at radius 2 is 1.25 bits per heavy atom. The maximum Gasteiger partial charge on any atom is 0.174 e. The Morgan fingerprint density at radius 3 is 1.55 bits per heavy atom. The molecule has 0 radical (unpaired) electrons. The number of hydrogen-bond donors (Lipinski definition) is 2. The van der Waals surface area contributed by atoms with Crippen molar-refractivity contribution in [3.8, 4) is 0 Å². The number of rotatable bonds is 7. The predicted molar refractivity (Wildman–Crippen MR) is 103 cm³/mol. The summed E-state index contributed by atoms with van der Waals surface area (Å²) in [4.78, 5) is 0. The summed E-state index contributed by atoms with van der Waals surface area (Å²) in [5.74, 6) is 1.80. The molecule has 0 bridgehead atoms. The number of thiocarbonyl (C=S) groups is 2. The maximum absolute atomic E-state index is 4.93. The Hall–Kier alpha value is 0.700. The Morgan fingerprint density at radius 1 is 0.850 bits per heavy atom. The van der Waals surface area contributed by atoms with Crippen LogP contribution in [-0.4, -0.2) is 40.3 Å². The zero-order chi connectivity index (χ0) is 14.5. The minimum absolute atomic E-state index is 0.479. The lowest BCUT2D eigenvalue weighted by atomic mass is 10.8. The number of thiol groups is 2. The zero-order valence-corrected chi connectivity index (χ0v) is 16.2. The first-order valence-electron chi connectivity index (χ1n) is 4.95. The third-order valence-corrected chi connectivity index (χ3v) is 7.49. The summed E-state index contributed by atoms with van der Waals surface area (Å²) in [6.45, 7) is 0. The average molecular weight is 415 g/mol. The minimum atomic E-state index is 0.479. The average Bonchev–Trinajstić information content (AvgIpc) is 3.04. The molecule has 0 fully saturated rings. The van der Waals surface area contributed by atoms with Crippen molar-refractivity contribution < 1.29 is 0 Å². The highest BCUT2D eigenvalue weighted by Gasteiger charge is 2.09. The molecule has 4 nitrogen and oxygen atoms in total. The van der Waals surface area contributed by atoms with Crippen molar-refractivity contribution in [2.24, 2.45) is 0 Å². The van der Waals surface area contributed by atoms with Crippen molar-refractivity contribution >= 4 is 104 Å². The van der Waals surface area contributed by atoms with E-state index in [0.717, 1.165) is 20.2 Å². The quantitative estimate of drug-likeness (QED) is 0.309.